The number of ether oxygens (including phenoxy) is 1. The third kappa shape index (κ3) is 6.06. The molecule has 1 atom stereocenters. The van der Waals surface area contributed by atoms with E-state index in [1.807, 2.05) is 47.1 Å². The Hall–Kier alpha value is -4.73. The van der Waals surface area contributed by atoms with E-state index in [4.69, 9.17) is 10.3 Å². The molecule has 10 nitrogen and oxygen atoms in total. The second-order valence-corrected chi connectivity index (χ2v) is 14.7. The van der Waals surface area contributed by atoms with Crippen LogP contribution in [0, 0.1) is 23.8 Å². The number of hydrogen-bond donors (Lipinski definition) is 3. The molecule has 1 aliphatic carbocycles. The lowest BCUT2D eigenvalue weighted by atomic mass is 9.69. The Bertz CT molecular complexity index is 1850. The van der Waals surface area contributed by atoms with Gasteiger partial charge < -0.3 is 25.0 Å². The van der Waals surface area contributed by atoms with Crippen LogP contribution in [-0.4, -0.2) is 54.0 Å². The molecule has 256 valence electrons. The lowest BCUT2D eigenvalue weighted by Gasteiger charge is -2.36. The number of hydrogen-bond acceptors (Lipinski definition) is 7. The molecule has 0 saturated heterocycles. The number of nitrogens with zero attached hydrogens (tertiary/aromatic N) is 3. The molecule has 6 heterocycles. The van der Waals surface area contributed by atoms with Gasteiger partial charge in [0.1, 0.15) is 5.69 Å². The van der Waals surface area contributed by atoms with Gasteiger partial charge in [-0.25, -0.2) is 5.53 Å². The Morgan fingerprint density at radius 2 is 1.84 bits per heavy atom. The summed E-state index contributed by atoms with van der Waals surface area (Å²) in [5.74, 6) is -0.653. The number of carboxylic acids is 1. The Morgan fingerprint density at radius 1 is 1.04 bits per heavy atom. The number of nitrogens with one attached hydrogen (secondary N) is 2. The van der Waals surface area contributed by atoms with Gasteiger partial charge in [0.15, 0.2) is 12.4 Å². The van der Waals surface area contributed by atoms with E-state index in [-0.39, 0.29) is 18.4 Å². The van der Waals surface area contributed by atoms with Gasteiger partial charge in [-0.2, -0.15) is 5.11 Å². The fourth-order valence-corrected chi connectivity index (χ4v) is 7.88. The smallest absolute Gasteiger partial charge is 0.310 e. The largest absolute Gasteiger partial charge is 0.481 e. The van der Waals surface area contributed by atoms with E-state index >= 15 is 0 Å². The molecule has 0 spiro atoms. The molecule has 7 aliphatic rings. The number of carbonyl (C=O) groups is 3. The van der Waals surface area contributed by atoms with E-state index in [0.29, 0.717) is 55.5 Å². The molecular weight excluding hydrogens is 618 g/mol. The van der Waals surface area contributed by atoms with Gasteiger partial charge in [0.25, 0.3) is 11.8 Å². The summed E-state index contributed by atoms with van der Waals surface area (Å²) >= 11 is 0. The van der Waals surface area contributed by atoms with Crippen LogP contribution in [-0.2, 0) is 29.0 Å². The zero-order valence-electron chi connectivity index (χ0n) is 28.6. The second kappa shape index (κ2) is 12.9. The molecule has 0 aromatic heterocycles. The fourth-order valence-electron chi connectivity index (χ4n) is 7.88. The highest BCUT2D eigenvalue weighted by Gasteiger charge is 2.41. The standard InChI is InChI=1S/C39H45N5O5/c1-23-29-14-15-31(34(23)42-40)41-17-6-4-5-7-26-12-13-30(36-35(26)44(20-24-8-9-24)32(45)22-49-36)37(46)43-18-16-25-10-11-27(19-28(25)21-43)33(29)39(2,3)38(47)48/h10-15,19,24,33,40-41H,4-9,16-18,20-22H2,1-3H3,(H,47,48). The van der Waals surface area contributed by atoms with Gasteiger partial charge >= 0.3 is 5.97 Å². The Morgan fingerprint density at radius 3 is 2.59 bits per heavy atom. The first-order valence-electron chi connectivity index (χ1n) is 17.6. The maximum atomic E-state index is 14.4. The summed E-state index contributed by atoms with van der Waals surface area (Å²) < 4.78 is 6.13. The van der Waals surface area contributed by atoms with Crippen molar-refractivity contribution in [2.24, 2.45) is 16.4 Å². The van der Waals surface area contributed by atoms with E-state index in [1.165, 1.54) is 0 Å². The fraction of sp³-hybridized carbons (Fsp3) is 0.462. The lowest BCUT2D eigenvalue weighted by molar-refractivity contribution is -0.147. The number of benzene rings is 3. The van der Waals surface area contributed by atoms with E-state index in [9.17, 15) is 19.5 Å². The Balaban J connectivity index is 1.33. The number of carboxylic acid groups (broad SMARTS) is 1. The van der Waals surface area contributed by atoms with Crippen LogP contribution in [0.4, 0.5) is 17.1 Å². The number of amides is 2. The van der Waals surface area contributed by atoms with Gasteiger partial charge in [0, 0.05) is 32.1 Å². The molecule has 3 aromatic carbocycles. The van der Waals surface area contributed by atoms with Crippen LogP contribution in [0.2, 0.25) is 0 Å². The van der Waals surface area contributed by atoms with Crippen molar-refractivity contribution < 1.29 is 24.2 Å². The quantitative estimate of drug-likeness (QED) is 0.244. The molecule has 3 aromatic rings. The number of aliphatic carboxylic acids is 1. The Labute approximate surface area is 287 Å². The van der Waals surface area contributed by atoms with Crippen molar-refractivity contribution in [3.05, 3.63) is 81.4 Å². The van der Waals surface area contributed by atoms with E-state index in [1.54, 1.807) is 13.8 Å². The summed E-state index contributed by atoms with van der Waals surface area (Å²) in [6.45, 7) is 7.57. The third-order valence-electron chi connectivity index (χ3n) is 11.0. The molecule has 3 N–H and O–H groups in total. The van der Waals surface area contributed by atoms with Gasteiger partial charge in [-0.15, -0.1) is 0 Å². The normalized spacial score (nSPS) is 19.6. The monoisotopic (exact) mass is 663 g/mol. The average Bonchev–Trinajstić information content (AvgIpc) is 3.91. The lowest BCUT2D eigenvalue weighted by Crippen LogP contribution is -2.42. The van der Waals surface area contributed by atoms with Gasteiger partial charge in [-0.3, -0.25) is 14.4 Å². The zero-order valence-corrected chi connectivity index (χ0v) is 28.6. The highest BCUT2D eigenvalue weighted by Crippen LogP contribution is 2.47. The minimum atomic E-state index is -1.19. The molecule has 10 heteroatoms. The van der Waals surface area contributed by atoms with Crippen molar-refractivity contribution in [3.63, 3.8) is 0 Å². The first-order chi connectivity index (χ1) is 23.6. The number of aryl methyl sites for hydroxylation is 1. The summed E-state index contributed by atoms with van der Waals surface area (Å²) in [4.78, 5) is 44.1. The van der Waals surface area contributed by atoms with Crippen LogP contribution in [0.25, 0.3) is 0 Å². The average molecular weight is 664 g/mol. The van der Waals surface area contributed by atoms with Crippen LogP contribution in [0.15, 0.2) is 47.6 Å². The molecule has 49 heavy (non-hydrogen) atoms. The highest BCUT2D eigenvalue weighted by molar-refractivity contribution is 6.05. The van der Waals surface area contributed by atoms with E-state index < -0.39 is 17.3 Å². The zero-order chi connectivity index (χ0) is 34.4. The van der Waals surface area contributed by atoms with E-state index in [0.717, 1.165) is 83.3 Å². The Kier molecular flexibility index (Phi) is 8.67. The molecule has 0 radical (unpaired) electrons. The predicted octanol–water partition coefficient (Wildman–Crippen LogP) is 7.37. The van der Waals surface area contributed by atoms with E-state index in [2.05, 4.69) is 22.6 Å². The van der Waals surface area contributed by atoms with Gasteiger partial charge in [0.2, 0.25) is 0 Å². The van der Waals surface area contributed by atoms with Gasteiger partial charge in [-0.05, 0) is 111 Å². The third-order valence-corrected chi connectivity index (χ3v) is 11.0. The van der Waals surface area contributed by atoms with Crippen molar-refractivity contribution in [2.45, 2.75) is 78.2 Å². The summed E-state index contributed by atoms with van der Waals surface area (Å²) in [7, 11) is 0. The molecule has 7 bridgehead atoms. The minimum absolute atomic E-state index is 0.0602. The molecule has 1 fully saturated rings. The maximum absolute atomic E-state index is 14.4. The molecule has 10 rings (SSSR count). The minimum Gasteiger partial charge on any atom is -0.481 e. The first kappa shape index (κ1) is 32.8. The summed E-state index contributed by atoms with van der Waals surface area (Å²) in [6, 6.07) is 13.9. The van der Waals surface area contributed by atoms with Crippen molar-refractivity contribution in [1.82, 2.24) is 4.90 Å². The van der Waals surface area contributed by atoms with Crippen LogP contribution < -0.4 is 15.0 Å². The SMILES string of the molecule is Cc1c2ccc(c1N=N)NCCCCCc1ccc(c3c1N(CC1CC1)C(=O)CO3)C(=O)N1CCc3ccc(cc3C1)C2C(C)(C)C(=O)O. The summed E-state index contributed by atoms with van der Waals surface area (Å²) in [6.07, 6.45) is 6.37. The number of carbonyl (C=O) groups excluding carboxylic acids is 2. The van der Waals surface area contributed by atoms with Crippen molar-refractivity contribution in [3.8, 4) is 5.75 Å². The first-order valence-corrected chi connectivity index (χ1v) is 17.6. The molecule has 1 saturated carbocycles. The molecular formula is C39H45N5O5. The van der Waals surface area contributed by atoms with Crippen molar-refractivity contribution >= 4 is 34.8 Å². The molecule has 6 aliphatic heterocycles. The van der Waals surface area contributed by atoms with Gasteiger partial charge in [0.05, 0.1) is 22.4 Å². The molecule has 2 amide bonds. The second-order valence-electron chi connectivity index (χ2n) is 14.7. The van der Waals surface area contributed by atoms with Crippen LogP contribution in [0.3, 0.4) is 0 Å². The van der Waals surface area contributed by atoms with Crippen molar-refractivity contribution in [1.29, 1.82) is 5.53 Å². The van der Waals surface area contributed by atoms with Gasteiger partial charge in [-0.1, -0.05) is 36.8 Å². The number of anilines is 2. The predicted molar refractivity (Wildman–Crippen MR) is 187 cm³/mol. The summed E-state index contributed by atoms with van der Waals surface area (Å²) in [5.41, 5.74) is 15.0. The summed E-state index contributed by atoms with van der Waals surface area (Å²) in [5, 5.41) is 17.9. The maximum Gasteiger partial charge on any atom is 0.310 e. The number of rotatable bonds is 5. The van der Waals surface area contributed by atoms with Crippen molar-refractivity contribution in [2.75, 3.05) is 36.5 Å². The highest BCUT2D eigenvalue weighted by atomic mass is 16.5. The molecule has 1 unspecified atom stereocenters. The van der Waals surface area contributed by atoms with Crippen LogP contribution >= 0.6 is 0 Å². The van der Waals surface area contributed by atoms with Crippen LogP contribution in [0.1, 0.15) is 95.6 Å². The van der Waals surface area contributed by atoms with Crippen LogP contribution in [0.5, 0.6) is 5.75 Å². The topological polar surface area (TPSA) is 135 Å².